The Hall–Kier alpha value is -2.27. The Morgan fingerprint density at radius 3 is 2.75 bits per heavy atom. The second-order valence-electron chi connectivity index (χ2n) is 4.59. The highest BCUT2D eigenvalue weighted by atomic mass is 32.1. The molecule has 3 aromatic rings. The van der Waals surface area contributed by atoms with E-state index >= 15 is 0 Å². The summed E-state index contributed by atoms with van der Waals surface area (Å²) in [6, 6.07) is 10.9. The van der Waals surface area contributed by atoms with Gasteiger partial charge in [0.25, 0.3) is 0 Å². The van der Waals surface area contributed by atoms with E-state index in [2.05, 4.69) is 16.4 Å². The predicted molar refractivity (Wildman–Crippen MR) is 81.5 cm³/mol. The van der Waals surface area contributed by atoms with Crippen LogP contribution < -0.4 is 5.32 Å². The Labute approximate surface area is 120 Å². The lowest BCUT2D eigenvalue weighted by atomic mass is 10.2. The Bertz CT molecular complexity index is 768. The molecule has 4 nitrogen and oxygen atoms in total. The highest BCUT2D eigenvalue weighted by molar-refractivity contribution is 7.18. The van der Waals surface area contributed by atoms with Crippen molar-refractivity contribution in [3.63, 3.8) is 0 Å². The van der Waals surface area contributed by atoms with Crippen LogP contribution in [0.4, 0.5) is 5.69 Å². The van der Waals surface area contributed by atoms with Crippen molar-refractivity contribution in [3.05, 3.63) is 47.0 Å². The van der Waals surface area contributed by atoms with Gasteiger partial charge in [-0.2, -0.15) is 0 Å². The number of phenolic OH excluding ortho intramolecular Hbond substituents is 2. The first-order chi connectivity index (χ1) is 9.61. The van der Waals surface area contributed by atoms with Crippen molar-refractivity contribution in [2.24, 2.45) is 0 Å². The van der Waals surface area contributed by atoms with Gasteiger partial charge in [0.1, 0.15) is 0 Å². The Morgan fingerprint density at radius 1 is 1.10 bits per heavy atom. The molecule has 0 amide bonds. The number of aromatic hydroxyl groups is 2. The zero-order valence-corrected chi connectivity index (χ0v) is 11.7. The van der Waals surface area contributed by atoms with E-state index in [1.165, 1.54) is 6.07 Å². The summed E-state index contributed by atoms with van der Waals surface area (Å²) in [5, 5.41) is 23.1. The van der Waals surface area contributed by atoms with Crippen LogP contribution in [0.25, 0.3) is 10.2 Å². The smallest absolute Gasteiger partial charge is 0.157 e. The number of hydrogen-bond donors (Lipinski definition) is 3. The maximum atomic E-state index is 9.46. The first kappa shape index (κ1) is 12.7. The van der Waals surface area contributed by atoms with Gasteiger partial charge in [-0.3, -0.25) is 0 Å². The fraction of sp³-hybridized carbons (Fsp3) is 0.133. The summed E-state index contributed by atoms with van der Waals surface area (Å²) in [4.78, 5) is 4.42. The van der Waals surface area contributed by atoms with Gasteiger partial charge in [-0.15, -0.1) is 11.3 Å². The van der Waals surface area contributed by atoms with E-state index in [0.29, 0.717) is 6.54 Å². The second kappa shape index (κ2) is 5.02. The predicted octanol–water partition coefficient (Wildman–Crippen LogP) is 3.63. The molecule has 0 saturated carbocycles. The van der Waals surface area contributed by atoms with Gasteiger partial charge in [-0.25, -0.2) is 4.98 Å². The summed E-state index contributed by atoms with van der Waals surface area (Å²) in [7, 11) is 0. The van der Waals surface area contributed by atoms with Gasteiger partial charge >= 0.3 is 0 Å². The summed E-state index contributed by atoms with van der Waals surface area (Å²) in [6.45, 7) is 2.58. The number of phenols is 2. The van der Waals surface area contributed by atoms with Crippen molar-refractivity contribution in [1.82, 2.24) is 4.98 Å². The zero-order valence-electron chi connectivity index (χ0n) is 10.9. The van der Waals surface area contributed by atoms with Crippen LogP contribution in [-0.2, 0) is 6.54 Å². The normalized spacial score (nSPS) is 10.8. The number of benzene rings is 2. The summed E-state index contributed by atoms with van der Waals surface area (Å²) in [6.07, 6.45) is 0. The first-order valence-electron chi connectivity index (χ1n) is 6.24. The fourth-order valence-electron chi connectivity index (χ4n) is 2.03. The molecule has 0 aliphatic rings. The topological polar surface area (TPSA) is 65.4 Å². The molecule has 0 fully saturated rings. The lowest BCUT2D eigenvalue weighted by Crippen LogP contribution is -1.98. The maximum Gasteiger partial charge on any atom is 0.157 e. The van der Waals surface area contributed by atoms with Gasteiger partial charge in [0.15, 0.2) is 11.5 Å². The summed E-state index contributed by atoms with van der Waals surface area (Å²) < 4.78 is 1.15. The summed E-state index contributed by atoms with van der Waals surface area (Å²) >= 11 is 1.67. The highest BCUT2D eigenvalue weighted by Crippen LogP contribution is 2.27. The molecule has 102 valence electrons. The Morgan fingerprint density at radius 2 is 1.95 bits per heavy atom. The van der Waals surface area contributed by atoms with Crippen LogP contribution in [0.3, 0.4) is 0 Å². The first-order valence-corrected chi connectivity index (χ1v) is 7.05. The molecule has 3 rings (SSSR count). The van der Waals surface area contributed by atoms with Crippen LogP contribution in [-0.4, -0.2) is 15.2 Å². The molecule has 3 N–H and O–H groups in total. The molecule has 0 radical (unpaired) electrons. The number of thiazole rings is 1. The van der Waals surface area contributed by atoms with Crippen molar-refractivity contribution in [1.29, 1.82) is 0 Å². The highest BCUT2D eigenvalue weighted by Gasteiger charge is 2.03. The van der Waals surface area contributed by atoms with E-state index in [9.17, 15) is 10.2 Å². The van der Waals surface area contributed by atoms with Crippen LogP contribution >= 0.6 is 11.3 Å². The lowest BCUT2D eigenvalue weighted by Gasteiger charge is -2.07. The number of nitrogens with one attached hydrogen (secondary N) is 1. The number of aryl methyl sites for hydroxylation is 1. The van der Waals surface area contributed by atoms with Gasteiger partial charge in [0, 0.05) is 12.2 Å². The average molecular weight is 286 g/mol. The third-order valence-corrected chi connectivity index (χ3v) is 3.97. The standard InChI is InChI=1S/C15H14N2O2S/c1-9-17-12-4-3-11(7-15(12)20-9)16-8-10-2-5-13(18)14(19)6-10/h2-7,16,18-19H,8H2,1H3. The van der Waals surface area contributed by atoms with Crippen molar-refractivity contribution < 1.29 is 10.2 Å². The molecule has 0 unspecified atom stereocenters. The van der Waals surface area contributed by atoms with Gasteiger partial charge in [0.05, 0.1) is 15.2 Å². The van der Waals surface area contributed by atoms with Gasteiger partial charge in [0.2, 0.25) is 0 Å². The minimum Gasteiger partial charge on any atom is -0.504 e. The third-order valence-electron chi connectivity index (χ3n) is 3.03. The molecule has 0 aliphatic carbocycles. The minimum atomic E-state index is -0.102. The molecule has 0 spiro atoms. The molecular formula is C15H14N2O2S. The molecule has 0 aliphatic heterocycles. The van der Waals surface area contributed by atoms with Crippen molar-refractivity contribution in [2.75, 3.05) is 5.32 Å². The lowest BCUT2D eigenvalue weighted by molar-refractivity contribution is 0.403. The quantitative estimate of drug-likeness (QED) is 0.643. The molecule has 2 aromatic carbocycles. The van der Waals surface area contributed by atoms with E-state index in [0.717, 1.165) is 26.5 Å². The SMILES string of the molecule is Cc1nc2ccc(NCc3ccc(O)c(O)c3)cc2s1. The number of nitrogens with zero attached hydrogens (tertiary/aromatic N) is 1. The van der Waals surface area contributed by atoms with Crippen LogP contribution in [0.15, 0.2) is 36.4 Å². The van der Waals surface area contributed by atoms with E-state index in [1.807, 2.05) is 19.1 Å². The molecule has 1 heterocycles. The summed E-state index contributed by atoms with van der Waals surface area (Å²) in [5.74, 6) is -0.201. The zero-order chi connectivity index (χ0) is 14.1. The fourth-order valence-corrected chi connectivity index (χ4v) is 2.90. The average Bonchev–Trinajstić information content (AvgIpc) is 2.79. The minimum absolute atomic E-state index is 0.0992. The Kier molecular flexibility index (Phi) is 3.20. The van der Waals surface area contributed by atoms with Gasteiger partial charge in [-0.05, 0) is 42.8 Å². The summed E-state index contributed by atoms with van der Waals surface area (Å²) in [5.41, 5.74) is 2.93. The van der Waals surface area contributed by atoms with Crippen molar-refractivity contribution >= 4 is 27.2 Å². The number of hydrogen-bond acceptors (Lipinski definition) is 5. The van der Waals surface area contributed by atoms with Crippen molar-refractivity contribution in [2.45, 2.75) is 13.5 Å². The monoisotopic (exact) mass is 286 g/mol. The molecular weight excluding hydrogens is 272 g/mol. The van der Waals surface area contributed by atoms with E-state index < -0.39 is 0 Å². The largest absolute Gasteiger partial charge is 0.504 e. The van der Waals surface area contributed by atoms with Gasteiger partial charge < -0.3 is 15.5 Å². The number of anilines is 1. The van der Waals surface area contributed by atoms with E-state index in [4.69, 9.17) is 0 Å². The number of fused-ring (bicyclic) bond motifs is 1. The Balaban J connectivity index is 1.77. The molecule has 0 atom stereocenters. The van der Waals surface area contributed by atoms with E-state index in [-0.39, 0.29) is 11.5 Å². The van der Waals surface area contributed by atoms with Crippen LogP contribution in [0, 0.1) is 6.92 Å². The van der Waals surface area contributed by atoms with Crippen LogP contribution in [0.1, 0.15) is 10.6 Å². The molecule has 1 aromatic heterocycles. The van der Waals surface area contributed by atoms with E-state index in [1.54, 1.807) is 23.5 Å². The molecule has 0 bridgehead atoms. The van der Waals surface area contributed by atoms with Crippen LogP contribution in [0.5, 0.6) is 11.5 Å². The molecule has 20 heavy (non-hydrogen) atoms. The number of rotatable bonds is 3. The number of aromatic nitrogens is 1. The van der Waals surface area contributed by atoms with Gasteiger partial charge in [-0.1, -0.05) is 6.07 Å². The molecule has 5 heteroatoms. The third kappa shape index (κ3) is 2.53. The van der Waals surface area contributed by atoms with Crippen molar-refractivity contribution in [3.8, 4) is 11.5 Å². The van der Waals surface area contributed by atoms with Crippen LogP contribution in [0.2, 0.25) is 0 Å². The second-order valence-corrected chi connectivity index (χ2v) is 5.83. The molecule has 0 saturated heterocycles. The maximum absolute atomic E-state index is 9.46.